The Hall–Kier alpha value is -0.200. The molecule has 2 unspecified atom stereocenters. The molecular weight excluding hydrogens is 222 g/mol. The Balaban J connectivity index is 1.63. The van der Waals surface area contributed by atoms with Crippen molar-refractivity contribution in [3.05, 3.63) is 0 Å². The van der Waals surface area contributed by atoms with Gasteiger partial charge < -0.3 is 24.6 Å². The first-order valence-electron chi connectivity index (χ1n) is 6.48. The van der Waals surface area contributed by atoms with Crippen molar-refractivity contribution in [2.24, 2.45) is 0 Å². The molecule has 0 aromatic rings. The van der Waals surface area contributed by atoms with Crippen molar-refractivity contribution >= 4 is 0 Å². The van der Waals surface area contributed by atoms with Crippen molar-refractivity contribution in [1.82, 2.24) is 5.32 Å². The highest BCUT2D eigenvalue weighted by Crippen LogP contribution is 2.32. The topological polar surface area (TPSA) is 60.0 Å². The van der Waals surface area contributed by atoms with Crippen molar-refractivity contribution in [3.8, 4) is 0 Å². The highest BCUT2D eigenvalue weighted by atomic mass is 16.6. The molecule has 0 aromatic carbocycles. The summed E-state index contributed by atoms with van der Waals surface area (Å²) in [4.78, 5) is 0. The number of rotatable bonds is 6. The van der Waals surface area contributed by atoms with E-state index in [2.05, 4.69) is 5.32 Å². The zero-order valence-corrected chi connectivity index (χ0v) is 10.3. The summed E-state index contributed by atoms with van der Waals surface area (Å²) >= 11 is 0. The molecule has 1 spiro atoms. The Morgan fingerprint density at radius 3 is 3.06 bits per heavy atom. The van der Waals surface area contributed by atoms with Crippen molar-refractivity contribution in [1.29, 1.82) is 0 Å². The van der Waals surface area contributed by atoms with Crippen LogP contribution in [0.4, 0.5) is 0 Å². The lowest BCUT2D eigenvalue weighted by Gasteiger charge is -2.37. The SMILES string of the molecule is OCCOCCNC1CCOC2(CCOC2)C1. The summed E-state index contributed by atoms with van der Waals surface area (Å²) in [6, 6.07) is 0.503. The van der Waals surface area contributed by atoms with E-state index in [1.165, 1.54) is 0 Å². The highest BCUT2D eigenvalue weighted by Gasteiger charge is 2.40. The van der Waals surface area contributed by atoms with Gasteiger partial charge in [0, 0.05) is 32.2 Å². The minimum atomic E-state index is -0.0259. The quantitative estimate of drug-likeness (QED) is 0.641. The average molecular weight is 245 g/mol. The molecule has 0 amide bonds. The molecule has 2 aliphatic heterocycles. The molecule has 2 aliphatic rings. The van der Waals surface area contributed by atoms with Crippen molar-refractivity contribution in [2.45, 2.75) is 30.9 Å². The third-order valence-corrected chi connectivity index (χ3v) is 3.48. The predicted octanol–water partition coefficient (Wildman–Crippen LogP) is -0.0770. The molecular formula is C12H23NO4. The molecule has 17 heavy (non-hydrogen) atoms. The lowest BCUT2D eigenvalue weighted by molar-refractivity contribution is -0.0897. The van der Waals surface area contributed by atoms with Gasteiger partial charge in [-0.3, -0.25) is 0 Å². The van der Waals surface area contributed by atoms with E-state index in [4.69, 9.17) is 19.3 Å². The highest BCUT2D eigenvalue weighted by molar-refractivity contribution is 4.92. The third kappa shape index (κ3) is 3.89. The molecule has 0 aliphatic carbocycles. The summed E-state index contributed by atoms with van der Waals surface area (Å²) in [5.74, 6) is 0. The van der Waals surface area contributed by atoms with E-state index in [0.717, 1.165) is 45.6 Å². The van der Waals surface area contributed by atoms with Gasteiger partial charge in [-0.1, -0.05) is 0 Å². The minimum Gasteiger partial charge on any atom is -0.394 e. The lowest BCUT2D eigenvalue weighted by atomic mass is 9.90. The smallest absolute Gasteiger partial charge is 0.0951 e. The van der Waals surface area contributed by atoms with Crippen LogP contribution in [0.15, 0.2) is 0 Å². The second kappa shape index (κ2) is 6.66. The number of nitrogens with one attached hydrogen (secondary N) is 1. The zero-order chi connectivity index (χ0) is 12.0. The van der Waals surface area contributed by atoms with Gasteiger partial charge in [-0.15, -0.1) is 0 Å². The Morgan fingerprint density at radius 2 is 2.29 bits per heavy atom. The molecule has 0 radical (unpaired) electrons. The van der Waals surface area contributed by atoms with E-state index >= 15 is 0 Å². The van der Waals surface area contributed by atoms with Crippen LogP contribution in [0.5, 0.6) is 0 Å². The molecule has 2 fully saturated rings. The summed E-state index contributed by atoms with van der Waals surface area (Å²) in [6.07, 6.45) is 3.11. The van der Waals surface area contributed by atoms with E-state index in [1.54, 1.807) is 0 Å². The van der Waals surface area contributed by atoms with Gasteiger partial charge >= 0.3 is 0 Å². The van der Waals surface area contributed by atoms with E-state index in [-0.39, 0.29) is 12.2 Å². The fraction of sp³-hybridized carbons (Fsp3) is 1.00. The molecule has 2 atom stereocenters. The molecule has 2 N–H and O–H groups in total. The Morgan fingerprint density at radius 1 is 1.35 bits per heavy atom. The van der Waals surface area contributed by atoms with Gasteiger partial charge in [0.25, 0.3) is 0 Å². The van der Waals surface area contributed by atoms with Crippen molar-refractivity contribution in [2.75, 3.05) is 46.2 Å². The predicted molar refractivity (Wildman–Crippen MR) is 63.0 cm³/mol. The molecule has 100 valence electrons. The van der Waals surface area contributed by atoms with Crippen LogP contribution in [-0.2, 0) is 14.2 Å². The summed E-state index contributed by atoms with van der Waals surface area (Å²) in [7, 11) is 0. The van der Waals surface area contributed by atoms with Gasteiger partial charge in [0.05, 0.1) is 32.0 Å². The largest absolute Gasteiger partial charge is 0.394 e. The van der Waals surface area contributed by atoms with Crippen molar-refractivity contribution in [3.63, 3.8) is 0 Å². The fourth-order valence-electron chi connectivity index (χ4n) is 2.57. The molecule has 2 rings (SSSR count). The Labute approximate surface area is 102 Å². The van der Waals surface area contributed by atoms with Crippen LogP contribution in [0.25, 0.3) is 0 Å². The van der Waals surface area contributed by atoms with Crippen molar-refractivity contribution < 1.29 is 19.3 Å². The van der Waals surface area contributed by atoms with Gasteiger partial charge in [0.1, 0.15) is 0 Å². The minimum absolute atomic E-state index is 0.0259. The van der Waals surface area contributed by atoms with Crippen LogP contribution in [0.1, 0.15) is 19.3 Å². The molecule has 0 saturated carbocycles. The van der Waals surface area contributed by atoms with E-state index in [1.807, 2.05) is 0 Å². The van der Waals surface area contributed by atoms with Crippen LogP contribution in [-0.4, -0.2) is 62.9 Å². The maximum atomic E-state index is 8.58. The summed E-state index contributed by atoms with van der Waals surface area (Å²) in [6.45, 7) is 4.39. The second-order valence-electron chi connectivity index (χ2n) is 4.81. The number of aliphatic hydroxyl groups excluding tert-OH is 1. The van der Waals surface area contributed by atoms with Crippen LogP contribution in [0.2, 0.25) is 0 Å². The average Bonchev–Trinajstić information content (AvgIpc) is 2.77. The zero-order valence-electron chi connectivity index (χ0n) is 10.3. The van der Waals surface area contributed by atoms with E-state index in [0.29, 0.717) is 19.3 Å². The summed E-state index contributed by atoms with van der Waals surface area (Å²) in [5, 5.41) is 12.1. The number of ether oxygens (including phenoxy) is 3. The third-order valence-electron chi connectivity index (χ3n) is 3.48. The summed E-state index contributed by atoms with van der Waals surface area (Å²) < 4.78 is 16.5. The maximum absolute atomic E-state index is 8.58. The first-order chi connectivity index (χ1) is 8.35. The molecule has 5 heteroatoms. The first kappa shape index (κ1) is 13.2. The van der Waals surface area contributed by atoms with Gasteiger partial charge in [0.2, 0.25) is 0 Å². The van der Waals surface area contributed by atoms with Gasteiger partial charge in [-0.05, 0) is 12.8 Å². The summed E-state index contributed by atoms with van der Waals surface area (Å²) in [5.41, 5.74) is -0.0259. The van der Waals surface area contributed by atoms with Crippen LogP contribution >= 0.6 is 0 Å². The molecule has 0 aromatic heterocycles. The lowest BCUT2D eigenvalue weighted by Crippen LogP contribution is -2.48. The van der Waals surface area contributed by atoms with Gasteiger partial charge in [-0.2, -0.15) is 0 Å². The second-order valence-corrected chi connectivity index (χ2v) is 4.81. The number of hydrogen-bond donors (Lipinski definition) is 2. The molecule has 2 heterocycles. The molecule has 2 saturated heterocycles. The fourth-order valence-corrected chi connectivity index (χ4v) is 2.57. The van der Waals surface area contributed by atoms with Crippen LogP contribution in [0.3, 0.4) is 0 Å². The number of aliphatic hydroxyl groups is 1. The monoisotopic (exact) mass is 245 g/mol. The Bertz CT molecular complexity index is 219. The van der Waals surface area contributed by atoms with E-state index in [9.17, 15) is 0 Å². The number of hydrogen-bond acceptors (Lipinski definition) is 5. The van der Waals surface area contributed by atoms with Crippen LogP contribution < -0.4 is 5.32 Å². The Kier molecular flexibility index (Phi) is 5.18. The maximum Gasteiger partial charge on any atom is 0.0951 e. The van der Waals surface area contributed by atoms with Gasteiger partial charge in [-0.25, -0.2) is 0 Å². The van der Waals surface area contributed by atoms with E-state index < -0.39 is 0 Å². The normalized spacial score (nSPS) is 33.4. The van der Waals surface area contributed by atoms with Crippen LogP contribution in [0, 0.1) is 0 Å². The molecule has 5 nitrogen and oxygen atoms in total. The van der Waals surface area contributed by atoms with Gasteiger partial charge in [0.15, 0.2) is 0 Å². The first-order valence-corrected chi connectivity index (χ1v) is 6.48. The molecule has 0 bridgehead atoms. The standard InChI is InChI=1S/C12H23NO4/c14-4-8-15-7-3-13-11-1-5-17-12(9-11)2-6-16-10-12/h11,13-14H,1-10H2.